The molecular formula is C15H10Cl2N6O. The fourth-order valence-electron chi connectivity index (χ4n) is 1.87. The zero-order valence-corrected chi connectivity index (χ0v) is 13.6. The van der Waals surface area contributed by atoms with E-state index in [2.05, 4.69) is 26.1 Å². The first-order valence-corrected chi connectivity index (χ1v) is 7.51. The van der Waals surface area contributed by atoms with Gasteiger partial charge in [-0.3, -0.25) is 4.79 Å². The zero-order chi connectivity index (χ0) is 16.9. The first-order valence-electron chi connectivity index (χ1n) is 6.75. The van der Waals surface area contributed by atoms with E-state index < -0.39 is 0 Å². The number of hydrogen-bond donors (Lipinski definition) is 1. The molecule has 1 aromatic heterocycles. The molecule has 0 atom stereocenters. The molecule has 0 unspecified atom stereocenters. The molecule has 24 heavy (non-hydrogen) atoms. The molecule has 0 bridgehead atoms. The molecule has 7 nitrogen and oxygen atoms in total. The summed E-state index contributed by atoms with van der Waals surface area (Å²) in [4.78, 5) is 12.0. The number of rotatable bonds is 4. The van der Waals surface area contributed by atoms with Crippen LogP contribution in [0.25, 0.3) is 5.69 Å². The van der Waals surface area contributed by atoms with Crippen LogP contribution in [-0.2, 0) is 0 Å². The number of hydrazone groups is 1. The number of amides is 1. The number of carbonyl (C=O) groups is 1. The predicted molar refractivity (Wildman–Crippen MR) is 90.7 cm³/mol. The molecule has 0 aliphatic carbocycles. The molecule has 0 saturated heterocycles. The van der Waals surface area contributed by atoms with Crippen molar-refractivity contribution < 1.29 is 4.79 Å². The summed E-state index contributed by atoms with van der Waals surface area (Å²) in [6.45, 7) is 0. The molecule has 1 amide bonds. The summed E-state index contributed by atoms with van der Waals surface area (Å²) in [5.74, 6) is -0.338. The van der Waals surface area contributed by atoms with E-state index in [1.165, 1.54) is 17.2 Å². The monoisotopic (exact) mass is 360 g/mol. The third-order valence-corrected chi connectivity index (χ3v) is 3.81. The fraction of sp³-hybridized carbons (Fsp3) is 0. The van der Waals surface area contributed by atoms with E-state index in [1.54, 1.807) is 42.5 Å². The van der Waals surface area contributed by atoms with Crippen molar-refractivity contribution in [3.8, 4) is 5.69 Å². The highest BCUT2D eigenvalue weighted by Gasteiger charge is 2.05. The Kier molecular flexibility index (Phi) is 4.83. The maximum Gasteiger partial charge on any atom is 0.271 e. The van der Waals surface area contributed by atoms with Crippen molar-refractivity contribution >= 4 is 35.3 Å². The average molecular weight is 361 g/mol. The maximum atomic E-state index is 12.0. The summed E-state index contributed by atoms with van der Waals surface area (Å²) in [5.41, 5.74) is 4.37. The Morgan fingerprint density at radius 2 is 1.92 bits per heavy atom. The van der Waals surface area contributed by atoms with Crippen molar-refractivity contribution in [3.05, 3.63) is 70.0 Å². The van der Waals surface area contributed by atoms with Crippen LogP contribution in [0.4, 0.5) is 0 Å². The highest BCUT2D eigenvalue weighted by atomic mass is 35.5. The fourth-order valence-corrected chi connectivity index (χ4v) is 2.17. The van der Waals surface area contributed by atoms with Crippen molar-refractivity contribution in [2.45, 2.75) is 0 Å². The van der Waals surface area contributed by atoms with Crippen LogP contribution in [0.2, 0.25) is 10.0 Å². The van der Waals surface area contributed by atoms with Crippen LogP contribution in [0.1, 0.15) is 15.9 Å². The van der Waals surface area contributed by atoms with Crippen molar-refractivity contribution in [3.63, 3.8) is 0 Å². The highest BCUT2D eigenvalue weighted by molar-refractivity contribution is 6.42. The van der Waals surface area contributed by atoms with E-state index in [9.17, 15) is 4.79 Å². The van der Waals surface area contributed by atoms with E-state index in [0.717, 1.165) is 11.3 Å². The molecule has 0 aliphatic rings. The molecule has 0 radical (unpaired) electrons. The lowest BCUT2D eigenvalue weighted by Crippen LogP contribution is -2.17. The molecule has 9 heteroatoms. The number of hydrogen-bond acceptors (Lipinski definition) is 5. The maximum absolute atomic E-state index is 12.0. The summed E-state index contributed by atoms with van der Waals surface area (Å²) in [6, 6.07) is 11.8. The average Bonchev–Trinajstić information content (AvgIpc) is 3.13. The van der Waals surface area contributed by atoms with Gasteiger partial charge < -0.3 is 0 Å². The first kappa shape index (κ1) is 16.1. The minimum atomic E-state index is -0.338. The topological polar surface area (TPSA) is 85.1 Å². The number of nitrogens with zero attached hydrogens (tertiary/aromatic N) is 5. The van der Waals surface area contributed by atoms with Crippen LogP contribution in [0.3, 0.4) is 0 Å². The van der Waals surface area contributed by atoms with Crippen LogP contribution in [0.15, 0.2) is 53.9 Å². The minimum absolute atomic E-state index is 0.338. The van der Waals surface area contributed by atoms with Crippen LogP contribution in [0.5, 0.6) is 0 Å². The molecule has 120 valence electrons. The Bertz CT molecular complexity index is 877. The van der Waals surface area contributed by atoms with Gasteiger partial charge in [-0.15, -0.1) is 5.10 Å². The number of halogens is 2. The molecule has 0 aliphatic heterocycles. The van der Waals surface area contributed by atoms with Crippen molar-refractivity contribution in [2.75, 3.05) is 0 Å². The Balaban J connectivity index is 1.64. The molecule has 1 N–H and O–H groups in total. The van der Waals surface area contributed by atoms with E-state index in [1.807, 2.05) is 0 Å². The second-order valence-corrected chi connectivity index (χ2v) is 5.49. The van der Waals surface area contributed by atoms with Gasteiger partial charge in [-0.05, 0) is 52.4 Å². The second kappa shape index (κ2) is 7.20. The summed E-state index contributed by atoms with van der Waals surface area (Å²) in [5, 5.41) is 15.7. The normalized spacial score (nSPS) is 10.9. The van der Waals surface area contributed by atoms with Crippen LogP contribution in [-0.4, -0.2) is 32.3 Å². The van der Waals surface area contributed by atoms with Gasteiger partial charge in [-0.25, -0.2) is 10.1 Å². The molecule has 0 spiro atoms. The third-order valence-electron chi connectivity index (χ3n) is 3.07. The molecule has 0 saturated carbocycles. The summed E-state index contributed by atoms with van der Waals surface area (Å²) in [7, 11) is 0. The molecule has 0 fully saturated rings. The largest absolute Gasteiger partial charge is 0.271 e. The van der Waals surface area contributed by atoms with Gasteiger partial charge in [0.15, 0.2) is 0 Å². The third kappa shape index (κ3) is 3.76. The van der Waals surface area contributed by atoms with Gasteiger partial charge in [-0.2, -0.15) is 5.10 Å². The molecule has 1 heterocycles. The molecular weight excluding hydrogens is 351 g/mol. The SMILES string of the molecule is O=C(N/N=C/c1ccc(Cl)c(Cl)c1)c1ccc(-n2cnnn2)cc1. The van der Waals surface area contributed by atoms with Gasteiger partial charge in [0.25, 0.3) is 5.91 Å². The van der Waals surface area contributed by atoms with Gasteiger partial charge in [0, 0.05) is 5.56 Å². The van der Waals surface area contributed by atoms with Crippen LogP contribution < -0.4 is 5.43 Å². The Morgan fingerprint density at radius 1 is 1.12 bits per heavy atom. The van der Waals surface area contributed by atoms with Crippen LogP contribution >= 0.6 is 23.2 Å². The highest BCUT2D eigenvalue weighted by Crippen LogP contribution is 2.21. The molecule has 3 rings (SSSR count). The minimum Gasteiger partial charge on any atom is -0.267 e. The lowest BCUT2D eigenvalue weighted by molar-refractivity contribution is 0.0955. The quantitative estimate of drug-likeness (QED) is 0.572. The summed E-state index contributed by atoms with van der Waals surface area (Å²) < 4.78 is 1.49. The van der Waals surface area contributed by atoms with E-state index >= 15 is 0 Å². The van der Waals surface area contributed by atoms with Gasteiger partial charge >= 0.3 is 0 Å². The Labute approximate surface area is 146 Å². The van der Waals surface area contributed by atoms with Gasteiger partial charge in [-0.1, -0.05) is 29.3 Å². The second-order valence-electron chi connectivity index (χ2n) is 4.67. The number of benzene rings is 2. The number of carbonyl (C=O) groups excluding carboxylic acids is 1. The Morgan fingerprint density at radius 3 is 2.58 bits per heavy atom. The lowest BCUT2D eigenvalue weighted by atomic mass is 10.2. The van der Waals surface area contributed by atoms with Gasteiger partial charge in [0.2, 0.25) is 0 Å². The van der Waals surface area contributed by atoms with E-state index in [4.69, 9.17) is 23.2 Å². The Hall–Kier alpha value is -2.77. The van der Waals surface area contributed by atoms with Crippen molar-refractivity contribution in [2.24, 2.45) is 5.10 Å². The van der Waals surface area contributed by atoms with Gasteiger partial charge in [0.1, 0.15) is 6.33 Å². The standard InChI is InChI=1S/C15H10Cl2N6O/c16-13-6-1-10(7-14(13)17)8-18-20-15(24)11-2-4-12(5-3-11)23-9-19-21-22-23/h1-9H,(H,20,24)/b18-8+. The predicted octanol–water partition coefficient (Wildman–Crippen LogP) is 2.73. The van der Waals surface area contributed by atoms with Crippen molar-refractivity contribution in [1.29, 1.82) is 0 Å². The molecule has 3 aromatic rings. The van der Waals surface area contributed by atoms with Crippen LogP contribution in [0, 0.1) is 0 Å². The van der Waals surface area contributed by atoms with E-state index in [0.29, 0.717) is 15.6 Å². The lowest BCUT2D eigenvalue weighted by Gasteiger charge is -2.02. The summed E-state index contributed by atoms with van der Waals surface area (Å²) >= 11 is 11.7. The smallest absolute Gasteiger partial charge is 0.267 e. The number of aromatic nitrogens is 4. The first-order chi connectivity index (χ1) is 11.6. The molecule has 2 aromatic carbocycles. The summed E-state index contributed by atoms with van der Waals surface area (Å²) in [6.07, 6.45) is 2.95. The van der Waals surface area contributed by atoms with Gasteiger partial charge in [0.05, 0.1) is 21.9 Å². The zero-order valence-electron chi connectivity index (χ0n) is 12.1. The number of tetrazole rings is 1. The van der Waals surface area contributed by atoms with Crippen molar-refractivity contribution in [1.82, 2.24) is 25.6 Å². The number of nitrogens with one attached hydrogen (secondary N) is 1. The van der Waals surface area contributed by atoms with E-state index in [-0.39, 0.29) is 5.91 Å².